The van der Waals surface area contributed by atoms with Gasteiger partial charge in [0.15, 0.2) is 11.4 Å². The Morgan fingerprint density at radius 2 is 1.90 bits per heavy atom. The van der Waals surface area contributed by atoms with Crippen LogP contribution in [0.25, 0.3) is 11.6 Å². The van der Waals surface area contributed by atoms with Crippen LogP contribution in [-0.4, -0.2) is 52.0 Å². The fraction of sp³-hybridized carbons (Fsp3) is 0.258. The minimum absolute atomic E-state index is 0.0269. The van der Waals surface area contributed by atoms with E-state index in [4.69, 9.17) is 4.74 Å². The minimum Gasteiger partial charge on any atom is -0.457 e. The molecule has 6 rings (SSSR count). The summed E-state index contributed by atoms with van der Waals surface area (Å²) in [6, 6.07) is 19.8. The summed E-state index contributed by atoms with van der Waals surface area (Å²) < 4.78 is 5.91. The Labute approximate surface area is 227 Å². The number of amides is 2. The molecule has 1 aliphatic carbocycles. The first-order valence-corrected chi connectivity index (χ1v) is 13.1. The number of carbonyl (C=O) groups excluding carboxylic acids is 2. The Hall–Kier alpha value is -4.43. The van der Waals surface area contributed by atoms with Crippen molar-refractivity contribution in [2.24, 2.45) is 11.8 Å². The van der Waals surface area contributed by atoms with Gasteiger partial charge in [0.05, 0.1) is 12.2 Å². The number of anilines is 2. The molecule has 1 fully saturated rings. The van der Waals surface area contributed by atoms with Gasteiger partial charge in [-0.2, -0.15) is 0 Å². The molecule has 0 spiro atoms. The van der Waals surface area contributed by atoms with E-state index in [1.54, 1.807) is 24.4 Å². The third-order valence-electron chi connectivity index (χ3n) is 7.58. The van der Waals surface area contributed by atoms with Gasteiger partial charge in [-0.15, -0.1) is 0 Å². The highest BCUT2D eigenvalue weighted by Gasteiger charge is 2.38. The van der Waals surface area contributed by atoms with Crippen LogP contribution in [-0.2, 0) is 9.59 Å². The van der Waals surface area contributed by atoms with Gasteiger partial charge in [0.1, 0.15) is 11.5 Å². The van der Waals surface area contributed by atoms with Gasteiger partial charge in [-0.25, -0.2) is 4.98 Å². The molecule has 3 atom stereocenters. The number of allylic oxidation sites excluding steroid dienone is 1. The molecule has 198 valence electrons. The van der Waals surface area contributed by atoms with Crippen LogP contribution in [0.3, 0.4) is 0 Å². The number of ether oxygens (including phenoxy) is 1. The highest BCUT2D eigenvalue weighted by molar-refractivity contribution is 6.00. The van der Waals surface area contributed by atoms with Gasteiger partial charge < -0.3 is 25.4 Å². The molecule has 3 aliphatic rings. The first-order chi connectivity index (χ1) is 18.8. The van der Waals surface area contributed by atoms with Crippen LogP contribution < -0.4 is 15.4 Å². The molecule has 2 aliphatic heterocycles. The summed E-state index contributed by atoms with van der Waals surface area (Å²) in [5, 5.41) is 15.9. The number of nitrogens with zero attached hydrogens (tertiary/aromatic N) is 2. The van der Waals surface area contributed by atoms with Crippen LogP contribution in [0.1, 0.15) is 24.5 Å². The molecule has 2 amide bonds. The van der Waals surface area contributed by atoms with Gasteiger partial charge in [-0.05, 0) is 78.3 Å². The maximum absolute atomic E-state index is 12.9. The number of aromatic nitrogens is 1. The zero-order valence-corrected chi connectivity index (χ0v) is 21.6. The van der Waals surface area contributed by atoms with Crippen molar-refractivity contribution in [3.05, 3.63) is 90.1 Å². The Morgan fingerprint density at radius 3 is 2.67 bits per heavy atom. The number of rotatable bonds is 5. The lowest BCUT2D eigenvalue weighted by molar-refractivity contribution is -0.131. The lowest BCUT2D eigenvalue weighted by Crippen LogP contribution is -2.43. The number of para-hydroxylation sites is 1. The maximum atomic E-state index is 12.9. The first-order valence-electron chi connectivity index (χ1n) is 13.1. The van der Waals surface area contributed by atoms with Crippen molar-refractivity contribution in [3.8, 4) is 11.5 Å². The number of aliphatic hydroxyl groups is 1. The third kappa shape index (κ3) is 5.28. The number of carbonyl (C=O) groups is 2. The van der Waals surface area contributed by atoms with Crippen LogP contribution in [0.2, 0.25) is 0 Å². The Bertz CT molecular complexity index is 1460. The van der Waals surface area contributed by atoms with Crippen molar-refractivity contribution in [1.82, 2.24) is 9.88 Å². The molecule has 1 aromatic heterocycles. The van der Waals surface area contributed by atoms with Gasteiger partial charge in [0.2, 0.25) is 5.91 Å². The van der Waals surface area contributed by atoms with E-state index < -0.39 is 11.5 Å². The van der Waals surface area contributed by atoms with E-state index in [9.17, 15) is 14.7 Å². The Kier molecular flexibility index (Phi) is 6.40. The van der Waals surface area contributed by atoms with Crippen molar-refractivity contribution >= 4 is 35.0 Å². The molecular formula is C31H30N4O4. The molecule has 3 heterocycles. The van der Waals surface area contributed by atoms with Crippen LogP contribution in [0.5, 0.6) is 11.5 Å². The van der Waals surface area contributed by atoms with Crippen LogP contribution in [0.4, 0.5) is 11.5 Å². The number of pyridine rings is 1. The molecule has 1 unspecified atom stereocenters. The van der Waals surface area contributed by atoms with Crippen LogP contribution >= 0.6 is 0 Å². The molecule has 0 bridgehead atoms. The SMILES string of the molecule is CC1(O)CNc2cc(/C=C/C(=O)N3C[C@H]4CC(c5ccc(Oc6ccccc6)cc5)=C[C@H]4C3)cnc2NC1=O. The highest BCUT2D eigenvalue weighted by atomic mass is 16.5. The average molecular weight is 523 g/mol. The molecule has 0 radical (unpaired) electrons. The third-order valence-corrected chi connectivity index (χ3v) is 7.58. The summed E-state index contributed by atoms with van der Waals surface area (Å²) in [5.74, 6) is 2.22. The highest BCUT2D eigenvalue weighted by Crippen LogP contribution is 2.41. The number of β-amino-alcohol motifs (C(OH)–C–C–N with tert-alkyl or cyclic N) is 1. The van der Waals surface area contributed by atoms with Gasteiger partial charge in [-0.1, -0.05) is 36.4 Å². The number of fused-ring (bicyclic) bond motifs is 2. The minimum atomic E-state index is -1.53. The topological polar surface area (TPSA) is 104 Å². The molecule has 1 saturated heterocycles. The van der Waals surface area contributed by atoms with Gasteiger partial charge in [-0.3, -0.25) is 9.59 Å². The molecule has 3 N–H and O–H groups in total. The standard InChI is InChI=1S/C31H30N4O4/c1-31(38)19-33-27-13-20(16-32-29(27)34-30(31)37)7-12-28(36)35-17-23-14-22(15-24(23)18-35)21-8-10-26(11-9-21)39-25-5-3-2-4-6-25/h2-14,16,23-24,33,38H,15,17-19H2,1H3,(H,32,34,37)/b12-7+/t23-,24+,31?/m0/s1. The van der Waals surface area contributed by atoms with E-state index in [0.29, 0.717) is 29.9 Å². The molecule has 2 aromatic carbocycles. The van der Waals surface area contributed by atoms with Crippen LogP contribution in [0.15, 0.2) is 79.0 Å². The summed E-state index contributed by atoms with van der Waals surface area (Å²) >= 11 is 0. The molecule has 39 heavy (non-hydrogen) atoms. The molecule has 8 nitrogen and oxygen atoms in total. The fourth-order valence-corrected chi connectivity index (χ4v) is 5.34. The summed E-state index contributed by atoms with van der Waals surface area (Å²) in [6.45, 7) is 2.95. The summed E-state index contributed by atoms with van der Waals surface area (Å²) in [6.07, 6.45) is 8.17. The van der Waals surface area contributed by atoms with Gasteiger partial charge >= 0.3 is 0 Å². The number of hydrogen-bond acceptors (Lipinski definition) is 6. The number of benzene rings is 2. The normalized spacial score (nSPS) is 23.9. The Balaban J connectivity index is 1.06. The lowest BCUT2D eigenvalue weighted by atomic mass is 9.98. The summed E-state index contributed by atoms with van der Waals surface area (Å²) in [4.78, 5) is 31.2. The predicted octanol–water partition coefficient (Wildman–Crippen LogP) is 4.56. The number of hydrogen-bond donors (Lipinski definition) is 3. The largest absolute Gasteiger partial charge is 0.457 e. The smallest absolute Gasteiger partial charge is 0.259 e. The molecule has 8 heteroatoms. The van der Waals surface area contributed by atoms with Gasteiger partial charge in [0, 0.05) is 25.4 Å². The van der Waals surface area contributed by atoms with Crippen molar-refractivity contribution in [3.63, 3.8) is 0 Å². The zero-order valence-electron chi connectivity index (χ0n) is 21.6. The van der Waals surface area contributed by atoms with E-state index in [0.717, 1.165) is 30.0 Å². The van der Waals surface area contributed by atoms with Crippen molar-refractivity contribution < 1.29 is 19.4 Å². The quantitative estimate of drug-likeness (QED) is 0.425. The molecule has 0 saturated carbocycles. The predicted molar refractivity (Wildman–Crippen MR) is 150 cm³/mol. The number of likely N-dealkylation sites (tertiary alicyclic amines) is 1. The van der Waals surface area contributed by atoms with Crippen molar-refractivity contribution in [1.29, 1.82) is 0 Å². The van der Waals surface area contributed by atoms with Crippen molar-refractivity contribution in [2.45, 2.75) is 18.9 Å². The fourth-order valence-electron chi connectivity index (χ4n) is 5.34. The van der Waals surface area contributed by atoms with E-state index in [2.05, 4.69) is 33.8 Å². The lowest BCUT2D eigenvalue weighted by Gasteiger charge is -2.18. The maximum Gasteiger partial charge on any atom is 0.259 e. The summed E-state index contributed by atoms with van der Waals surface area (Å²) in [5.41, 5.74) is 2.32. The first kappa shape index (κ1) is 24.9. The molecule has 3 aromatic rings. The van der Waals surface area contributed by atoms with E-state index >= 15 is 0 Å². The zero-order chi connectivity index (χ0) is 27.0. The Morgan fingerprint density at radius 1 is 1.13 bits per heavy atom. The summed E-state index contributed by atoms with van der Waals surface area (Å²) in [7, 11) is 0. The number of nitrogens with one attached hydrogen (secondary N) is 2. The van der Waals surface area contributed by atoms with Crippen LogP contribution in [0, 0.1) is 11.8 Å². The van der Waals surface area contributed by atoms with E-state index in [1.165, 1.54) is 18.1 Å². The van der Waals surface area contributed by atoms with E-state index in [-0.39, 0.29) is 12.5 Å². The van der Waals surface area contributed by atoms with Crippen molar-refractivity contribution in [2.75, 3.05) is 30.3 Å². The second kappa shape index (κ2) is 10.0. The monoisotopic (exact) mass is 522 g/mol. The van der Waals surface area contributed by atoms with E-state index in [1.807, 2.05) is 47.4 Å². The average Bonchev–Trinajstić information content (AvgIpc) is 3.49. The second-order valence-electron chi connectivity index (χ2n) is 10.6. The van der Waals surface area contributed by atoms with Gasteiger partial charge in [0.25, 0.3) is 5.91 Å². The molecular weight excluding hydrogens is 492 g/mol. The second-order valence-corrected chi connectivity index (χ2v) is 10.6.